The van der Waals surface area contributed by atoms with Gasteiger partial charge in [-0.2, -0.15) is 0 Å². The fourth-order valence-corrected chi connectivity index (χ4v) is 3.19. The lowest BCUT2D eigenvalue weighted by molar-refractivity contribution is -0.0758. The number of fused-ring (bicyclic) bond motifs is 2. The van der Waals surface area contributed by atoms with E-state index in [-0.39, 0.29) is 12.2 Å². The SMILES string of the molecule is O=C(OC1CCC2CCCN1C2)c1ccc(Cl)cc1. The number of nitrogens with zero attached hydrogens (tertiary/aromatic N) is 1. The molecule has 19 heavy (non-hydrogen) atoms. The van der Waals surface area contributed by atoms with Gasteiger partial charge >= 0.3 is 5.97 Å². The second-order valence-corrected chi connectivity index (χ2v) is 5.88. The smallest absolute Gasteiger partial charge is 0.339 e. The number of ether oxygens (including phenoxy) is 1. The third-order valence-corrected chi connectivity index (χ3v) is 4.35. The van der Waals surface area contributed by atoms with E-state index in [1.165, 1.54) is 19.3 Å². The topological polar surface area (TPSA) is 29.5 Å². The summed E-state index contributed by atoms with van der Waals surface area (Å²) in [4.78, 5) is 14.4. The molecule has 2 aliphatic rings. The Balaban J connectivity index is 1.64. The molecule has 0 spiro atoms. The van der Waals surface area contributed by atoms with E-state index in [0.717, 1.165) is 25.4 Å². The van der Waals surface area contributed by atoms with Gasteiger partial charge in [0.05, 0.1) is 5.56 Å². The van der Waals surface area contributed by atoms with Crippen molar-refractivity contribution >= 4 is 17.6 Å². The van der Waals surface area contributed by atoms with Crippen LogP contribution < -0.4 is 0 Å². The Morgan fingerprint density at radius 1 is 1.21 bits per heavy atom. The molecule has 0 amide bonds. The third-order valence-electron chi connectivity index (χ3n) is 4.10. The zero-order valence-electron chi connectivity index (χ0n) is 10.8. The van der Waals surface area contributed by atoms with Gasteiger partial charge in [0.15, 0.2) is 6.23 Å². The molecule has 102 valence electrons. The Hall–Kier alpha value is -1.06. The Morgan fingerprint density at radius 2 is 2.00 bits per heavy atom. The van der Waals surface area contributed by atoms with Gasteiger partial charge in [-0.15, -0.1) is 0 Å². The largest absolute Gasteiger partial charge is 0.443 e. The van der Waals surface area contributed by atoms with Crippen molar-refractivity contribution < 1.29 is 9.53 Å². The van der Waals surface area contributed by atoms with Gasteiger partial charge in [0, 0.05) is 18.1 Å². The number of benzene rings is 1. The van der Waals surface area contributed by atoms with Crippen LogP contribution in [0.3, 0.4) is 0 Å². The Morgan fingerprint density at radius 3 is 2.79 bits per heavy atom. The lowest BCUT2D eigenvalue weighted by Gasteiger charge is -2.42. The molecule has 3 nitrogen and oxygen atoms in total. The predicted octanol–water partition coefficient (Wildman–Crippen LogP) is 3.33. The number of halogens is 1. The number of carbonyl (C=O) groups excluding carboxylic acids is 1. The summed E-state index contributed by atoms with van der Waals surface area (Å²) in [5.74, 6) is 0.560. The number of hydrogen-bond donors (Lipinski definition) is 0. The molecule has 4 heteroatoms. The first kappa shape index (κ1) is 12.9. The van der Waals surface area contributed by atoms with E-state index >= 15 is 0 Å². The summed E-state index contributed by atoms with van der Waals surface area (Å²) in [7, 11) is 0. The van der Waals surface area contributed by atoms with E-state index < -0.39 is 0 Å². The minimum absolute atomic E-state index is 0.0419. The van der Waals surface area contributed by atoms with E-state index in [9.17, 15) is 4.79 Å². The van der Waals surface area contributed by atoms with E-state index in [0.29, 0.717) is 10.6 Å². The number of esters is 1. The highest BCUT2D eigenvalue weighted by Gasteiger charge is 2.33. The van der Waals surface area contributed by atoms with Crippen LogP contribution in [0, 0.1) is 5.92 Å². The van der Waals surface area contributed by atoms with Crippen molar-refractivity contribution in [2.45, 2.75) is 31.9 Å². The summed E-state index contributed by atoms with van der Waals surface area (Å²) < 4.78 is 5.65. The standard InChI is InChI=1S/C15H18ClNO2/c16-13-6-4-12(5-7-13)15(18)19-14-8-3-11-2-1-9-17(14)10-11/h4-7,11,14H,1-3,8-10H2. The molecule has 3 rings (SSSR count). The maximum absolute atomic E-state index is 12.1. The van der Waals surface area contributed by atoms with Crippen molar-refractivity contribution in [2.24, 2.45) is 5.92 Å². The fraction of sp³-hybridized carbons (Fsp3) is 0.533. The van der Waals surface area contributed by atoms with Crippen LogP contribution in [0.15, 0.2) is 24.3 Å². The average molecular weight is 280 g/mol. The van der Waals surface area contributed by atoms with E-state index in [1.54, 1.807) is 24.3 Å². The van der Waals surface area contributed by atoms with Gasteiger partial charge in [-0.25, -0.2) is 4.79 Å². The van der Waals surface area contributed by atoms with E-state index in [4.69, 9.17) is 16.3 Å². The molecular formula is C15H18ClNO2. The first-order valence-corrected chi connectivity index (χ1v) is 7.31. The Kier molecular flexibility index (Phi) is 3.76. The lowest BCUT2D eigenvalue weighted by Crippen LogP contribution is -2.48. The number of piperidine rings is 2. The quantitative estimate of drug-likeness (QED) is 0.778. The van der Waals surface area contributed by atoms with Crippen LogP contribution >= 0.6 is 11.6 Å². The van der Waals surface area contributed by atoms with Crippen molar-refractivity contribution in [2.75, 3.05) is 13.1 Å². The van der Waals surface area contributed by atoms with Crippen LogP contribution in [0.2, 0.25) is 5.02 Å². The van der Waals surface area contributed by atoms with Crippen LogP contribution in [0.5, 0.6) is 0 Å². The van der Waals surface area contributed by atoms with Crippen molar-refractivity contribution in [3.8, 4) is 0 Å². The fourth-order valence-electron chi connectivity index (χ4n) is 3.07. The van der Waals surface area contributed by atoms with Crippen LogP contribution in [-0.4, -0.2) is 30.2 Å². The Bertz CT molecular complexity index is 460. The maximum atomic E-state index is 12.1. The molecule has 0 aromatic heterocycles. The molecule has 2 bridgehead atoms. The van der Waals surface area contributed by atoms with Gasteiger partial charge < -0.3 is 4.74 Å². The molecule has 0 N–H and O–H groups in total. The maximum Gasteiger partial charge on any atom is 0.339 e. The highest BCUT2D eigenvalue weighted by atomic mass is 35.5. The van der Waals surface area contributed by atoms with Crippen LogP contribution in [-0.2, 0) is 4.74 Å². The highest BCUT2D eigenvalue weighted by Crippen LogP contribution is 2.30. The van der Waals surface area contributed by atoms with E-state index in [1.807, 2.05) is 0 Å². The predicted molar refractivity (Wildman–Crippen MR) is 74.2 cm³/mol. The summed E-state index contributed by atoms with van der Waals surface area (Å²) in [5.41, 5.74) is 0.573. The molecule has 2 aliphatic heterocycles. The molecule has 0 radical (unpaired) electrons. The molecule has 1 aromatic rings. The molecule has 2 fully saturated rings. The van der Waals surface area contributed by atoms with Crippen LogP contribution in [0.1, 0.15) is 36.0 Å². The molecule has 1 aromatic carbocycles. The Labute approximate surface area is 118 Å². The van der Waals surface area contributed by atoms with Gasteiger partial charge in [-0.05, 0) is 55.9 Å². The normalized spacial score (nSPS) is 29.8. The van der Waals surface area contributed by atoms with Crippen molar-refractivity contribution in [3.63, 3.8) is 0 Å². The first-order valence-electron chi connectivity index (χ1n) is 6.93. The number of carbonyl (C=O) groups is 1. The van der Waals surface area contributed by atoms with Crippen LogP contribution in [0.25, 0.3) is 0 Å². The van der Waals surface area contributed by atoms with Crippen LogP contribution in [0.4, 0.5) is 0 Å². The monoisotopic (exact) mass is 279 g/mol. The molecule has 2 saturated heterocycles. The second kappa shape index (κ2) is 5.51. The molecule has 3 unspecified atom stereocenters. The van der Waals surface area contributed by atoms with Gasteiger partial charge in [0.25, 0.3) is 0 Å². The minimum atomic E-state index is -0.245. The molecule has 0 aliphatic carbocycles. The van der Waals surface area contributed by atoms with Gasteiger partial charge in [0.1, 0.15) is 0 Å². The van der Waals surface area contributed by atoms with Gasteiger partial charge in [0.2, 0.25) is 0 Å². The summed E-state index contributed by atoms with van der Waals surface area (Å²) >= 11 is 5.82. The average Bonchev–Trinajstić information content (AvgIpc) is 2.43. The zero-order chi connectivity index (χ0) is 13.2. The van der Waals surface area contributed by atoms with Gasteiger partial charge in [-0.1, -0.05) is 11.6 Å². The summed E-state index contributed by atoms with van der Waals surface area (Å²) in [6, 6.07) is 6.87. The zero-order valence-corrected chi connectivity index (χ0v) is 11.6. The molecular weight excluding hydrogens is 262 g/mol. The third kappa shape index (κ3) is 2.93. The minimum Gasteiger partial charge on any atom is -0.443 e. The van der Waals surface area contributed by atoms with Crippen molar-refractivity contribution in [1.82, 2.24) is 4.90 Å². The summed E-state index contributed by atoms with van der Waals surface area (Å²) in [6.07, 6.45) is 4.65. The highest BCUT2D eigenvalue weighted by molar-refractivity contribution is 6.30. The van der Waals surface area contributed by atoms with E-state index in [2.05, 4.69) is 4.90 Å². The molecule has 2 heterocycles. The van der Waals surface area contributed by atoms with Crippen molar-refractivity contribution in [1.29, 1.82) is 0 Å². The first-order chi connectivity index (χ1) is 9.22. The lowest BCUT2D eigenvalue weighted by atomic mass is 9.89. The summed E-state index contributed by atoms with van der Waals surface area (Å²) in [6.45, 7) is 2.13. The number of hydrogen-bond acceptors (Lipinski definition) is 3. The number of rotatable bonds is 2. The second-order valence-electron chi connectivity index (χ2n) is 5.45. The molecule has 0 saturated carbocycles. The van der Waals surface area contributed by atoms with Gasteiger partial charge in [-0.3, -0.25) is 4.90 Å². The molecule has 3 atom stereocenters. The summed E-state index contributed by atoms with van der Waals surface area (Å²) in [5, 5.41) is 0.632. The van der Waals surface area contributed by atoms with Crippen molar-refractivity contribution in [3.05, 3.63) is 34.9 Å².